The van der Waals surface area contributed by atoms with Gasteiger partial charge in [-0.05, 0) is 42.8 Å². The van der Waals surface area contributed by atoms with Gasteiger partial charge < -0.3 is 14.5 Å². The van der Waals surface area contributed by atoms with Gasteiger partial charge in [-0.15, -0.1) is 0 Å². The van der Waals surface area contributed by atoms with Crippen LogP contribution in [-0.2, 0) is 9.53 Å². The summed E-state index contributed by atoms with van der Waals surface area (Å²) in [5.74, 6) is -1.30. The van der Waals surface area contributed by atoms with Crippen molar-refractivity contribution in [3.63, 3.8) is 0 Å². The SMILES string of the molecule is Cc1ccc(NC(=O)COC(=O)c2ccc(-c3ccccc3Cl)o2)c([N+](=O)[O-])c1. The van der Waals surface area contributed by atoms with Crippen LogP contribution in [0.5, 0.6) is 0 Å². The first kappa shape index (κ1) is 20.1. The number of hydrogen-bond donors (Lipinski definition) is 1. The number of amides is 1. The minimum absolute atomic E-state index is 0.0145. The molecule has 0 fully saturated rings. The fourth-order valence-corrected chi connectivity index (χ4v) is 2.77. The lowest BCUT2D eigenvalue weighted by Gasteiger charge is -2.07. The number of carbonyl (C=O) groups is 2. The molecule has 0 bridgehead atoms. The Morgan fingerprint density at radius 3 is 2.66 bits per heavy atom. The molecule has 8 nitrogen and oxygen atoms in total. The number of nitrogens with zero attached hydrogens (tertiary/aromatic N) is 1. The lowest BCUT2D eigenvalue weighted by atomic mass is 10.2. The molecule has 29 heavy (non-hydrogen) atoms. The van der Waals surface area contributed by atoms with Crippen LogP contribution in [0.15, 0.2) is 59.0 Å². The van der Waals surface area contributed by atoms with Crippen molar-refractivity contribution >= 4 is 34.9 Å². The number of anilines is 1. The molecule has 1 aromatic heterocycles. The summed E-state index contributed by atoms with van der Waals surface area (Å²) in [5.41, 5.74) is 1.05. The van der Waals surface area contributed by atoms with Crippen molar-refractivity contribution in [2.24, 2.45) is 0 Å². The van der Waals surface area contributed by atoms with Crippen LogP contribution in [0.1, 0.15) is 16.1 Å². The van der Waals surface area contributed by atoms with E-state index >= 15 is 0 Å². The van der Waals surface area contributed by atoms with Gasteiger partial charge in [0.2, 0.25) is 5.76 Å². The normalized spacial score (nSPS) is 10.4. The first-order valence-electron chi connectivity index (χ1n) is 8.42. The smallest absolute Gasteiger partial charge is 0.374 e. The molecule has 1 amide bonds. The molecular formula is C20H15ClN2O6. The molecule has 2 aromatic carbocycles. The zero-order valence-corrected chi connectivity index (χ0v) is 15.9. The number of halogens is 1. The Balaban J connectivity index is 1.62. The number of benzene rings is 2. The molecule has 1 heterocycles. The van der Waals surface area contributed by atoms with E-state index in [-0.39, 0.29) is 17.1 Å². The van der Waals surface area contributed by atoms with Crippen molar-refractivity contribution in [1.82, 2.24) is 0 Å². The zero-order valence-electron chi connectivity index (χ0n) is 15.2. The molecule has 0 saturated heterocycles. The molecule has 0 unspecified atom stereocenters. The van der Waals surface area contributed by atoms with Crippen molar-refractivity contribution in [2.45, 2.75) is 6.92 Å². The van der Waals surface area contributed by atoms with Gasteiger partial charge in [0.05, 0.1) is 9.95 Å². The highest BCUT2D eigenvalue weighted by Crippen LogP contribution is 2.29. The Morgan fingerprint density at radius 2 is 1.93 bits per heavy atom. The molecule has 0 spiro atoms. The van der Waals surface area contributed by atoms with E-state index in [1.165, 1.54) is 18.2 Å². The van der Waals surface area contributed by atoms with Gasteiger partial charge in [0.1, 0.15) is 11.4 Å². The van der Waals surface area contributed by atoms with Gasteiger partial charge in [-0.25, -0.2) is 4.79 Å². The van der Waals surface area contributed by atoms with Crippen LogP contribution in [0, 0.1) is 17.0 Å². The van der Waals surface area contributed by atoms with Gasteiger partial charge in [0.25, 0.3) is 11.6 Å². The lowest BCUT2D eigenvalue weighted by molar-refractivity contribution is -0.384. The van der Waals surface area contributed by atoms with E-state index in [4.69, 9.17) is 20.8 Å². The summed E-state index contributed by atoms with van der Waals surface area (Å²) in [6, 6.07) is 14.3. The maximum atomic E-state index is 12.1. The van der Waals surface area contributed by atoms with Crippen molar-refractivity contribution in [3.05, 3.63) is 81.1 Å². The van der Waals surface area contributed by atoms with E-state index in [1.54, 1.807) is 43.3 Å². The summed E-state index contributed by atoms with van der Waals surface area (Å²) in [4.78, 5) is 34.6. The fraction of sp³-hybridized carbons (Fsp3) is 0.100. The minimum atomic E-state index is -0.850. The van der Waals surface area contributed by atoms with Crippen molar-refractivity contribution in [1.29, 1.82) is 0 Å². The first-order valence-corrected chi connectivity index (χ1v) is 8.79. The van der Waals surface area contributed by atoms with Gasteiger partial charge in [-0.2, -0.15) is 0 Å². The number of rotatable bonds is 6. The third kappa shape index (κ3) is 4.80. The van der Waals surface area contributed by atoms with E-state index in [2.05, 4.69) is 5.32 Å². The summed E-state index contributed by atoms with van der Waals surface area (Å²) < 4.78 is 10.4. The van der Waals surface area contributed by atoms with Crippen LogP contribution in [0.3, 0.4) is 0 Å². The van der Waals surface area contributed by atoms with E-state index in [0.717, 1.165) is 0 Å². The highest BCUT2D eigenvalue weighted by Gasteiger charge is 2.19. The maximum Gasteiger partial charge on any atom is 0.374 e. The molecule has 9 heteroatoms. The monoisotopic (exact) mass is 414 g/mol. The molecule has 3 rings (SSSR count). The summed E-state index contributed by atoms with van der Waals surface area (Å²) in [6.07, 6.45) is 0. The molecular weight excluding hydrogens is 400 g/mol. The minimum Gasteiger partial charge on any atom is -0.450 e. The number of furan rings is 1. The first-order chi connectivity index (χ1) is 13.8. The Morgan fingerprint density at radius 1 is 1.17 bits per heavy atom. The molecule has 0 aliphatic carbocycles. The standard InChI is InChI=1S/C20H15ClN2O6/c1-12-6-7-15(16(10-12)23(26)27)22-19(24)11-28-20(25)18-9-8-17(29-18)13-4-2-3-5-14(13)21/h2-10H,11H2,1H3,(H,22,24). The zero-order chi connectivity index (χ0) is 21.0. The molecule has 0 aliphatic rings. The van der Waals surface area contributed by atoms with Crippen LogP contribution < -0.4 is 5.32 Å². The van der Waals surface area contributed by atoms with Crippen molar-refractivity contribution in [3.8, 4) is 11.3 Å². The number of nitro benzene ring substituents is 1. The summed E-state index contributed by atoms with van der Waals surface area (Å²) in [6.45, 7) is 1.06. The van der Waals surface area contributed by atoms with Gasteiger partial charge in [0, 0.05) is 11.6 Å². The number of nitrogens with one attached hydrogen (secondary N) is 1. The molecule has 0 atom stereocenters. The fourth-order valence-electron chi connectivity index (χ4n) is 2.54. The third-order valence-electron chi connectivity index (χ3n) is 3.90. The third-order valence-corrected chi connectivity index (χ3v) is 4.23. The highest BCUT2D eigenvalue weighted by molar-refractivity contribution is 6.33. The van der Waals surface area contributed by atoms with Crippen LogP contribution in [-0.4, -0.2) is 23.4 Å². The van der Waals surface area contributed by atoms with Crippen LogP contribution in [0.4, 0.5) is 11.4 Å². The average Bonchev–Trinajstić information content (AvgIpc) is 3.17. The quantitative estimate of drug-likeness (QED) is 0.358. The van der Waals surface area contributed by atoms with Crippen LogP contribution in [0.2, 0.25) is 5.02 Å². The van der Waals surface area contributed by atoms with Gasteiger partial charge in [0.15, 0.2) is 6.61 Å². The summed E-state index contributed by atoms with van der Waals surface area (Å²) >= 11 is 6.10. The van der Waals surface area contributed by atoms with E-state index in [9.17, 15) is 19.7 Å². The van der Waals surface area contributed by atoms with Gasteiger partial charge >= 0.3 is 5.97 Å². The molecule has 0 saturated carbocycles. The number of hydrogen-bond acceptors (Lipinski definition) is 6. The molecule has 148 valence electrons. The lowest BCUT2D eigenvalue weighted by Crippen LogP contribution is -2.21. The topological polar surface area (TPSA) is 112 Å². The van der Waals surface area contributed by atoms with E-state index in [1.807, 2.05) is 0 Å². The summed E-state index contributed by atoms with van der Waals surface area (Å²) in [5, 5.41) is 13.9. The van der Waals surface area contributed by atoms with Gasteiger partial charge in [-0.1, -0.05) is 29.8 Å². The number of nitro groups is 1. The molecule has 0 aliphatic heterocycles. The Kier molecular flexibility index (Phi) is 5.94. The predicted molar refractivity (Wildman–Crippen MR) is 106 cm³/mol. The number of carbonyl (C=O) groups excluding carboxylic acids is 2. The molecule has 3 aromatic rings. The average molecular weight is 415 g/mol. The number of ether oxygens (including phenoxy) is 1. The second kappa shape index (κ2) is 8.57. The maximum absolute atomic E-state index is 12.1. The van der Waals surface area contributed by atoms with Crippen molar-refractivity contribution in [2.75, 3.05) is 11.9 Å². The molecule has 1 N–H and O–H groups in total. The van der Waals surface area contributed by atoms with E-state index < -0.39 is 23.4 Å². The summed E-state index contributed by atoms with van der Waals surface area (Å²) in [7, 11) is 0. The second-order valence-corrected chi connectivity index (χ2v) is 6.45. The highest BCUT2D eigenvalue weighted by atomic mass is 35.5. The Hall–Kier alpha value is -3.65. The number of esters is 1. The van der Waals surface area contributed by atoms with Crippen LogP contribution in [0.25, 0.3) is 11.3 Å². The predicted octanol–water partition coefficient (Wildman–Crippen LogP) is 4.61. The largest absolute Gasteiger partial charge is 0.450 e. The number of aryl methyl sites for hydroxylation is 1. The van der Waals surface area contributed by atoms with Crippen molar-refractivity contribution < 1.29 is 23.7 Å². The second-order valence-electron chi connectivity index (χ2n) is 6.05. The van der Waals surface area contributed by atoms with Gasteiger partial charge in [-0.3, -0.25) is 14.9 Å². The Labute approximate surface area is 170 Å². The Bertz CT molecular complexity index is 1090. The van der Waals surface area contributed by atoms with E-state index in [0.29, 0.717) is 21.9 Å². The van der Waals surface area contributed by atoms with Crippen LogP contribution >= 0.6 is 11.6 Å². The molecule has 0 radical (unpaired) electrons.